The van der Waals surface area contributed by atoms with Crippen LogP contribution in [0.1, 0.15) is 43.7 Å². The van der Waals surface area contributed by atoms with Gasteiger partial charge in [0.1, 0.15) is 10.1 Å². The second-order valence-corrected chi connectivity index (χ2v) is 11.1. The Morgan fingerprint density at radius 1 is 0.923 bits per heavy atom. The Labute approximate surface area is 239 Å². The minimum absolute atomic E-state index is 0.0842. The van der Waals surface area contributed by atoms with E-state index in [9.17, 15) is 4.79 Å². The summed E-state index contributed by atoms with van der Waals surface area (Å²) in [6.45, 7) is 3.39. The Balaban J connectivity index is 1.41. The fourth-order valence-electron chi connectivity index (χ4n) is 4.40. The summed E-state index contributed by atoms with van der Waals surface area (Å²) < 4.78 is 8.35. The van der Waals surface area contributed by atoms with E-state index in [0.717, 1.165) is 46.8 Å². The highest BCUT2D eigenvalue weighted by Gasteiger charge is 2.32. The van der Waals surface area contributed by atoms with Gasteiger partial charge in [-0.15, -0.1) is 0 Å². The molecule has 1 saturated heterocycles. The average Bonchev–Trinajstić information content (AvgIpc) is 3.51. The van der Waals surface area contributed by atoms with Gasteiger partial charge in [0.15, 0.2) is 0 Å². The monoisotopic (exact) mass is 553 g/mol. The summed E-state index contributed by atoms with van der Waals surface area (Å²) in [5.74, 6) is 0.764. The summed E-state index contributed by atoms with van der Waals surface area (Å²) in [4.78, 5) is 15.6. The Kier molecular flexibility index (Phi) is 8.91. The third-order valence-corrected chi connectivity index (χ3v) is 7.88. The van der Waals surface area contributed by atoms with Crippen molar-refractivity contribution in [2.24, 2.45) is 0 Å². The topological polar surface area (TPSA) is 47.4 Å². The minimum Gasteiger partial charge on any atom is -0.494 e. The largest absolute Gasteiger partial charge is 0.494 e. The van der Waals surface area contributed by atoms with Crippen molar-refractivity contribution < 1.29 is 9.53 Å². The number of benzene rings is 3. The molecule has 0 aliphatic carbocycles. The van der Waals surface area contributed by atoms with Crippen molar-refractivity contribution in [2.75, 3.05) is 6.61 Å². The van der Waals surface area contributed by atoms with Crippen molar-refractivity contribution in [3.63, 3.8) is 0 Å². The lowest BCUT2D eigenvalue weighted by atomic mass is 10.1. The molecule has 0 atom stereocenters. The number of carbonyl (C=O) groups is 1. The molecule has 0 radical (unpaired) electrons. The van der Waals surface area contributed by atoms with Crippen LogP contribution < -0.4 is 4.74 Å². The molecule has 1 aromatic heterocycles. The first-order valence-corrected chi connectivity index (χ1v) is 14.5. The maximum Gasteiger partial charge on any atom is 0.266 e. The Bertz CT molecular complexity index is 1450. The van der Waals surface area contributed by atoms with Gasteiger partial charge in [-0.25, -0.2) is 4.68 Å². The van der Waals surface area contributed by atoms with Crippen LogP contribution in [0, 0.1) is 0 Å². The lowest BCUT2D eigenvalue weighted by Gasteiger charge is -2.14. The number of aromatic nitrogens is 2. The van der Waals surface area contributed by atoms with Crippen molar-refractivity contribution in [1.82, 2.24) is 14.7 Å². The molecule has 7 heteroatoms. The predicted octanol–water partition coefficient (Wildman–Crippen LogP) is 7.90. The molecule has 4 aromatic rings. The standard InChI is InChI=1S/C32H31N3O2S2/c1-2-3-4-11-20-37-28-18-16-25(17-19-28)30-26(23-35(33-30)27-14-9-6-10-15-27)21-29-31(36)34(32(38)39-29)22-24-12-7-5-8-13-24/h5-10,12-19,21,23H,2-4,11,20,22H2,1H3. The summed E-state index contributed by atoms with van der Waals surface area (Å²) in [6, 6.07) is 27.9. The van der Waals surface area contributed by atoms with Gasteiger partial charge in [-0.3, -0.25) is 9.69 Å². The second kappa shape index (κ2) is 12.9. The quantitative estimate of drug-likeness (QED) is 0.107. The molecule has 1 amide bonds. The van der Waals surface area contributed by atoms with Gasteiger partial charge < -0.3 is 4.74 Å². The summed E-state index contributed by atoms with van der Waals surface area (Å²) in [6.07, 6.45) is 8.57. The fraction of sp³-hybridized carbons (Fsp3) is 0.219. The van der Waals surface area contributed by atoms with Gasteiger partial charge in [-0.1, -0.05) is 98.7 Å². The number of thioether (sulfide) groups is 1. The number of thiocarbonyl (C=S) groups is 1. The van der Waals surface area contributed by atoms with E-state index in [1.165, 1.54) is 31.0 Å². The number of hydrogen-bond donors (Lipinski definition) is 0. The molecule has 0 bridgehead atoms. The number of carbonyl (C=O) groups excluding carboxylic acids is 1. The van der Waals surface area contributed by atoms with E-state index in [0.29, 0.717) is 15.8 Å². The maximum absolute atomic E-state index is 13.4. The smallest absolute Gasteiger partial charge is 0.266 e. The third-order valence-electron chi connectivity index (χ3n) is 6.50. The SMILES string of the molecule is CCCCCCOc1ccc(-c2nn(-c3ccccc3)cc2C=C2SC(=S)N(Cc3ccccc3)C2=O)cc1. The molecular weight excluding hydrogens is 523 g/mol. The molecule has 0 spiro atoms. The van der Waals surface area contributed by atoms with Gasteiger partial charge in [-0.2, -0.15) is 5.10 Å². The zero-order valence-corrected chi connectivity index (χ0v) is 23.6. The van der Waals surface area contributed by atoms with Gasteiger partial charge in [0, 0.05) is 17.3 Å². The second-order valence-electron chi connectivity index (χ2n) is 9.40. The van der Waals surface area contributed by atoms with E-state index in [-0.39, 0.29) is 5.91 Å². The highest BCUT2D eigenvalue weighted by atomic mass is 32.2. The first-order valence-electron chi connectivity index (χ1n) is 13.3. The predicted molar refractivity (Wildman–Crippen MR) is 164 cm³/mol. The van der Waals surface area contributed by atoms with E-state index in [1.54, 1.807) is 4.90 Å². The Morgan fingerprint density at radius 2 is 1.64 bits per heavy atom. The van der Waals surface area contributed by atoms with Crippen LogP contribution in [0.4, 0.5) is 0 Å². The Hall–Kier alpha value is -3.68. The van der Waals surface area contributed by atoms with Crippen LogP contribution in [-0.4, -0.2) is 31.5 Å². The molecule has 5 rings (SSSR count). The lowest BCUT2D eigenvalue weighted by Crippen LogP contribution is -2.27. The van der Waals surface area contributed by atoms with E-state index in [4.69, 9.17) is 22.1 Å². The van der Waals surface area contributed by atoms with Gasteiger partial charge in [0.25, 0.3) is 5.91 Å². The van der Waals surface area contributed by atoms with Gasteiger partial charge >= 0.3 is 0 Å². The number of para-hydroxylation sites is 1. The van der Waals surface area contributed by atoms with Gasteiger partial charge in [-0.05, 0) is 54.5 Å². The summed E-state index contributed by atoms with van der Waals surface area (Å²) >= 11 is 6.92. The molecule has 198 valence electrons. The van der Waals surface area contributed by atoms with Crippen LogP contribution >= 0.6 is 24.0 Å². The summed E-state index contributed by atoms with van der Waals surface area (Å²) in [7, 11) is 0. The number of nitrogens with zero attached hydrogens (tertiary/aromatic N) is 3. The molecule has 2 heterocycles. The molecule has 3 aromatic carbocycles. The Morgan fingerprint density at radius 3 is 2.36 bits per heavy atom. The highest BCUT2D eigenvalue weighted by Crippen LogP contribution is 2.36. The number of unbranched alkanes of at least 4 members (excludes halogenated alkanes) is 3. The van der Waals surface area contributed by atoms with Crippen LogP contribution in [0.2, 0.25) is 0 Å². The number of ether oxygens (including phenoxy) is 1. The zero-order chi connectivity index (χ0) is 27.0. The molecule has 1 aliphatic heterocycles. The molecule has 0 saturated carbocycles. The van der Waals surface area contributed by atoms with E-state index >= 15 is 0 Å². The highest BCUT2D eigenvalue weighted by molar-refractivity contribution is 8.26. The molecule has 39 heavy (non-hydrogen) atoms. The van der Waals surface area contributed by atoms with E-state index < -0.39 is 0 Å². The van der Waals surface area contributed by atoms with Crippen LogP contribution in [-0.2, 0) is 11.3 Å². The molecule has 1 aliphatic rings. The van der Waals surface area contributed by atoms with Crippen molar-refractivity contribution in [1.29, 1.82) is 0 Å². The molecule has 1 fully saturated rings. The van der Waals surface area contributed by atoms with E-state index in [2.05, 4.69) is 6.92 Å². The normalized spacial score (nSPS) is 14.4. The van der Waals surface area contributed by atoms with Crippen LogP contribution in [0.25, 0.3) is 23.0 Å². The summed E-state index contributed by atoms with van der Waals surface area (Å²) in [5.41, 5.74) is 4.59. The van der Waals surface area contributed by atoms with E-state index in [1.807, 2.05) is 102 Å². The third kappa shape index (κ3) is 6.67. The number of rotatable bonds is 11. The number of hydrogen-bond acceptors (Lipinski definition) is 5. The maximum atomic E-state index is 13.4. The van der Waals surface area contributed by atoms with Crippen molar-refractivity contribution in [3.05, 3.63) is 107 Å². The molecule has 0 unspecified atom stereocenters. The average molecular weight is 554 g/mol. The van der Waals surface area contributed by atoms with Crippen LogP contribution in [0.5, 0.6) is 5.75 Å². The van der Waals surface area contributed by atoms with Crippen LogP contribution in [0.3, 0.4) is 0 Å². The first kappa shape index (κ1) is 26.9. The minimum atomic E-state index is -0.0842. The van der Waals surface area contributed by atoms with Crippen molar-refractivity contribution in [3.8, 4) is 22.7 Å². The molecular formula is C32H31N3O2S2. The fourth-order valence-corrected chi connectivity index (χ4v) is 5.65. The number of amides is 1. The van der Waals surface area contributed by atoms with Gasteiger partial charge in [0.2, 0.25) is 0 Å². The molecule has 5 nitrogen and oxygen atoms in total. The zero-order valence-electron chi connectivity index (χ0n) is 22.0. The molecule has 0 N–H and O–H groups in total. The van der Waals surface area contributed by atoms with Crippen molar-refractivity contribution in [2.45, 2.75) is 39.2 Å². The van der Waals surface area contributed by atoms with Gasteiger partial charge in [0.05, 0.1) is 29.4 Å². The lowest BCUT2D eigenvalue weighted by molar-refractivity contribution is -0.122. The van der Waals surface area contributed by atoms with Crippen molar-refractivity contribution >= 4 is 40.3 Å². The first-order chi connectivity index (χ1) is 19.1. The summed E-state index contributed by atoms with van der Waals surface area (Å²) in [5, 5.41) is 4.91. The van der Waals surface area contributed by atoms with Crippen LogP contribution in [0.15, 0.2) is 96.0 Å².